The van der Waals surface area contributed by atoms with E-state index in [1.165, 1.54) is 0 Å². The van der Waals surface area contributed by atoms with Crippen molar-refractivity contribution in [3.63, 3.8) is 0 Å². The minimum absolute atomic E-state index is 0.0665. The third-order valence-corrected chi connectivity index (χ3v) is 4.56. The van der Waals surface area contributed by atoms with Gasteiger partial charge in [-0.1, -0.05) is 13.8 Å². The van der Waals surface area contributed by atoms with Gasteiger partial charge in [0.05, 0.1) is 6.61 Å². The highest BCUT2D eigenvalue weighted by atomic mass is 16.5. The van der Waals surface area contributed by atoms with Gasteiger partial charge < -0.3 is 35.6 Å². The molecule has 1 aromatic rings. The topological polar surface area (TPSA) is 114 Å². The molecule has 2 rings (SSSR count). The average molecular weight is 367 g/mol. The Morgan fingerprint density at radius 3 is 2.42 bits per heavy atom. The molecule has 1 unspecified atom stereocenters. The predicted molar refractivity (Wildman–Crippen MR) is 97.9 cm³/mol. The van der Waals surface area contributed by atoms with Gasteiger partial charge in [-0.3, -0.25) is 4.79 Å². The lowest BCUT2D eigenvalue weighted by atomic mass is 10.0. The molecule has 1 aliphatic rings. The molecule has 5 N–H and O–H groups in total. The van der Waals surface area contributed by atoms with E-state index in [4.69, 9.17) is 4.74 Å². The van der Waals surface area contributed by atoms with Gasteiger partial charge in [-0.2, -0.15) is 0 Å². The first-order valence-electron chi connectivity index (χ1n) is 8.99. The number of amides is 1. The number of carbonyl (C=O) groups is 1. The second-order valence-corrected chi connectivity index (χ2v) is 6.31. The minimum Gasteiger partial charge on any atom is -0.388 e. The van der Waals surface area contributed by atoms with Gasteiger partial charge in [-0.25, -0.2) is 0 Å². The zero-order valence-corrected chi connectivity index (χ0v) is 15.3. The molecule has 1 amide bonds. The van der Waals surface area contributed by atoms with Crippen LogP contribution in [0.2, 0.25) is 0 Å². The Morgan fingerprint density at radius 1 is 1.15 bits per heavy atom. The number of ether oxygens (including phenoxy) is 1. The van der Waals surface area contributed by atoms with Gasteiger partial charge in [0, 0.05) is 24.3 Å². The van der Waals surface area contributed by atoms with E-state index in [0.717, 1.165) is 19.6 Å². The van der Waals surface area contributed by atoms with Crippen molar-refractivity contribution >= 4 is 11.6 Å². The molecule has 0 aromatic heterocycles. The molecule has 26 heavy (non-hydrogen) atoms. The fraction of sp³-hybridized carbons (Fsp3) is 0.611. The van der Waals surface area contributed by atoms with Crippen molar-refractivity contribution in [2.45, 2.75) is 38.4 Å². The van der Waals surface area contributed by atoms with Crippen molar-refractivity contribution in [3.05, 3.63) is 29.8 Å². The Bertz CT molecular complexity index is 564. The SMILES string of the molecule is CCN(CC)CCNC(=O)c1ccc(N[C@@H]2OC[C@@H](O)[C@@H](O)C2O)cc1. The second-order valence-electron chi connectivity index (χ2n) is 6.31. The largest absolute Gasteiger partial charge is 0.388 e. The van der Waals surface area contributed by atoms with Crippen molar-refractivity contribution in [1.82, 2.24) is 10.2 Å². The van der Waals surface area contributed by atoms with Gasteiger partial charge in [-0.15, -0.1) is 0 Å². The molecule has 1 aromatic carbocycles. The lowest BCUT2D eigenvalue weighted by Crippen LogP contribution is -2.55. The zero-order chi connectivity index (χ0) is 19.1. The van der Waals surface area contributed by atoms with E-state index in [2.05, 4.69) is 29.4 Å². The van der Waals surface area contributed by atoms with Crippen LogP contribution in [0.1, 0.15) is 24.2 Å². The maximum Gasteiger partial charge on any atom is 0.251 e. The summed E-state index contributed by atoms with van der Waals surface area (Å²) in [5.41, 5.74) is 1.17. The quantitative estimate of drug-likeness (QED) is 0.425. The van der Waals surface area contributed by atoms with Crippen LogP contribution in [-0.4, -0.2) is 83.5 Å². The number of benzene rings is 1. The maximum atomic E-state index is 12.2. The highest BCUT2D eigenvalue weighted by Gasteiger charge is 2.37. The van der Waals surface area contributed by atoms with Crippen LogP contribution in [0.15, 0.2) is 24.3 Å². The summed E-state index contributed by atoms with van der Waals surface area (Å²) in [6, 6.07) is 6.75. The summed E-state index contributed by atoms with van der Waals surface area (Å²) in [6.45, 7) is 7.41. The molecule has 1 aliphatic heterocycles. The van der Waals surface area contributed by atoms with Gasteiger partial charge in [-0.05, 0) is 37.4 Å². The van der Waals surface area contributed by atoms with Crippen molar-refractivity contribution in [2.75, 3.05) is 38.1 Å². The van der Waals surface area contributed by atoms with E-state index < -0.39 is 24.5 Å². The van der Waals surface area contributed by atoms with Gasteiger partial charge in [0.1, 0.15) is 18.3 Å². The predicted octanol–water partition coefficient (Wildman–Crippen LogP) is -0.391. The fourth-order valence-electron chi connectivity index (χ4n) is 2.78. The van der Waals surface area contributed by atoms with Crippen LogP contribution < -0.4 is 10.6 Å². The van der Waals surface area contributed by atoms with Gasteiger partial charge >= 0.3 is 0 Å². The monoisotopic (exact) mass is 367 g/mol. The van der Waals surface area contributed by atoms with Crippen molar-refractivity contribution in [2.24, 2.45) is 0 Å². The Balaban J connectivity index is 1.85. The Hall–Kier alpha value is -1.71. The summed E-state index contributed by atoms with van der Waals surface area (Å²) in [5.74, 6) is -0.142. The van der Waals surface area contributed by atoms with Crippen LogP contribution in [0, 0.1) is 0 Å². The third-order valence-electron chi connectivity index (χ3n) is 4.56. The van der Waals surface area contributed by atoms with Crippen LogP contribution in [0.3, 0.4) is 0 Å². The molecule has 146 valence electrons. The summed E-state index contributed by atoms with van der Waals surface area (Å²) in [7, 11) is 0. The second kappa shape index (κ2) is 9.84. The lowest BCUT2D eigenvalue weighted by molar-refractivity contribution is -0.178. The third kappa shape index (κ3) is 5.39. The van der Waals surface area contributed by atoms with Gasteiger partial charge in [0.25, 0.3) is 5.91 Å². The summed E-state index contributed by atoms with van der Waals surface area (Å²) >= 11 is 0. The number of rotatable bonds is 8. The summed E-state index contributed by atoms with van der Waals surface area (Å²) in [4.78, 5) is 14.4. The van der Waals surface area contributed by atoms with E-state index in [1.54, 1.807) is 24.3 Å². The van der Waals surface area contributed by atoms with E-state index in [1.807, 2.05) is 0 Å². The van der Waals surface area contributed by atoms with Crippen LogP contribution in [0.25, 0.3) is 0 Å². The molecule has 0 radical (unpaired) electrons. The van der Waals surface area contributed by atoms with Crippen LogP contribution in [-0.2, 0) is 4.74 Å². The van der Waals surface area contributed by atoms with Crippen molar-refractivity contribution in [3.8, 4) is 0 Å². The smallest absolute Gasteiger partial charge is 0.251 e. The molecule has 0 aliphatic carbocycles. The van der Waals surface area contributed by atoms with Crippen LogP contribution in [0.4, 0.5) is 5.69 Å². The Kier molecular flexibility index (Phi) is 7.80. The van der Waals surface area contributed by atoms with Crippen molar-refractivity contribution in [1.29, 1.82) is 0 Å². The lowest BCUT2D eigenvalue weighted by Gasteiger charge is -2.35. The standard InChI is InChI=1S/C18H29N3O5/c1-3-21(4-2)10-9-19-17(25)12-5-7-13(8-6-12)20-18-16(24)15(23)14(22)11-26-18/h5-8,14-16,18,20,22-24H,3-4,9-11H2,1-2H3,(H,19,25)/t14-,15-,16?,18-/m1/s1. The number of aliphatic hydroxyl groups excluding tert-OH is 3. The molecule has 4 atom stereocenters. The van der Waals surface area contributed by atoms with Crippen LogP contribution in [0.5, 0.6) is 0 Å². The van der Waals surface area contributed by atoms with Gasteiger partial charge in [0.2, 0.25) is 0 Å². The minimum atomic E-state index is -1.27. The fourth-order valence-corrected chi connectivity index (χ4v) is 2.78. The average Bonchev–Trinajstić information content (AvgIpc) is 2.66. The number of anilines is 1. The maximum absolute atomic E-state index is 12.2. The van der Waals surface area contributed by atoms with E-state index in [9.17, 15) is 20.1 Å². The molecule has 8 nitrogen and oxygen atoms in total. The van der Waals surface area contributed by atoms with E-state index in [-0.39, 0.29) is 12.5 Å². The number of carbonyl (C=O) groups excluding carboxylic acids is 1. The highest BCUT2D eigenvalue weighted by Crippen LogP contribution is 2.19. The van der Waals surface area contributed by atoms with E-state index >= 15 is 0 Å². The molecule has 1 heterocycles. The van der Waals surface area contributed by atoms with E-state index in [0.29, 0.717) is 17.8 Å². The number of likely N-dealkylation sites (N-methyl/N-ethyl adjacent to an activating group) is 1. The first kappa shape index (κ1) is 20.6. The molecular weight excluding hydrogens is 338 g/mol. The number of hydrogen-bond donors (Lipinski definition) is 5. The number of aliphatic hydroxyl groups is 3. The summed E-state index contributed by atoms with van der Waals surface area (Å²) in [6.07, 6.45) is -4.45. The first-order chi connectivity index (χ1) is 12.5. The Morgan fingerprint density at radius 2 is 1.81 bits per heavy atom. The number of nitrogens with one attached hydrogen (secondary N) is 2. The Labute approximate surface area is 153 Å². The number of nitrogens with zero attached hydrogens (tertiary/aromatic N) is 1. The molecule has 0 spiro atoms. The normalized spacial score (nSPS) is 25.9. The highest BCUT2D eigenvalue weighted by molar-refractivity contribution is 5.94. The molecule has 8 heteroatoms. The number of hydrogen-bond acceptors (Lipinski definition) is 7. The molecule has 1 fully saturated rings. The van der Waals surface area contributed by atoms with Gasteiger partial charge in [0.15, 0.2) is 6.23 Å². The zero-order valence-electron chi connectivity index (χ0n) is 15.3. The first-order valence-corrected chi connectivity index (χ1v) is 8.99. The summed E-state index contributed by atoms with van der Waals surface area (Å²) < 4.78 is 5.30. The molecular formula is C18H29N3O5. The molecule has 0 saturated carbocycles. The molecule has 1 saturated heterocycles. The van der Waals surface area contributed by atoms with Crippen LogP contribution >= 0.6 is 0 Å². The molecule has 0 bridgehead atoms. The summed E-state index contributed by atoms with van der Waals surface area (Å²) in [5, 5.41) is 34.9. The van der Waals surface area contributed by atoms with Crippen molar-refractivity contribution < 1.29 is 24.9 Å².